The van der Waals surface area contributed by atoms with Crippen LogP contribution in [0.15, 0.2) is 36.7 Å². The lowest BCUT2D eigenvalue weighted by Gasteiger charge is -2.39. The molecular formula is C16H15N3O. The Labute approximate surface area is 117 Å². The molecule has 0 bridgehead atoms. The molecule has 100 valence electrons. The van der Waals surface area contributed by atoms with E-state index in [-0.39, 0.29) is 5.91 Å². The monoisotopic (exact) mass is 265 g/mol. The van der Waals surface area contributed by atoms with Crippen LogP contribution in [0.25, 0.3) is 10.8 Å². The molecule has 1 heterocycles. The number of carbonyl (C=O) groups is 1. The lowest BCUT2D eigenvalue weighted by atomic mass is 9.63. The second-order valence-electron chi connectivity index (χ2n) is 5.56. The first-order chi connectivity index (χ1) is 9.64. The first-order valence-corrected chi connectivity index (χ1v) is 6.70. The highest BCUT2D eigenvalue weighted by molar-refractivity contribution is 6.05. The molecule has 0 spiro atoms. The van der Waals surface area contributed by atoms with Crippen molar-refractivity contribution in [3.63, 3.8) is 0 Å². The zero-order valence-electron chi connectivity index (χ0n) is 11.3. The van der Waals surface area contributed by atoms with E-state index in [0.29, 0.717) is 18.8 Å². The predicted molar refractivity (Wildman–Crippen MR) is 76.8 cm³/mol. The van der Waals surface area contributed by atoms with Crippen molar-refractivity contribution in [1.82, 2.24) is 4.98 Å². The van der Waals surface area contributed by atoms with Crippen molar-refractivity contribution in [2.45, 2.75) is 19.8 Å². The fourth-order valence-electron chi connectivity index (χ4n) is 2.93. The minimum atomic E-state index is -0.853. The minimum absolute atomic E-state index is 0.192. The van der Waals surface area contributed by atoms with Crippen LogP contribution in [0.5, 0.6) is 0 Å². The van der Waals surface area contributed by atoms with Gasteiger partial charge in [0.15, 0.2) is 0 Å². The number of hydrogen-bond donors (Lipinski definition) is 1. The average molecular weight is 265 g/mol. The molecule has 3 rings (SSSR count). The van der Waals surface area contributed by atoms with Gasteiger partial charge in [-0.15, -0.1) is 0 Å². The molecule has 20 heavy (non-hydrogen) atoms. The van der Waals surface area contributed by atoms with Gasteiger partial charge in [-0.3, -0.25) is 9.78 Å². The maximum atomic E-state index is 12.4. The highest BCUT2D eigenvalue weighted by atomic mass is 16.2. The Kier molecular flexibility index (Phi) is 2.90. The van der Waals surface area contributed by atoms with Crippen molar-refractivity contribution >= 4 is 22.4 Å². The number of pyridine rings is 1. The number of aromatic nitrogens is 1. The van der Waals surface area contributed by atoms with Gasteiger partial charge in [0, 0.05) is 28.9 Å². The predicted octanol–water partition coefficient (Wildman–Crippen LogP) is 3.11. The summed E-state index contributed by atoms with van der Waals surface area (Å²) in [6.45, 7) is 2.06. The summed E-state index contributed by atoms with van der Waals surface area (Å²) in [5.74, 6) is 0.250. The molecule has 1 fully saturated rings. The third kappa shape index (κ3) is 1.92. The molecule has 1 aliphatic carbocycles. The average Bonchev–Trinajstić information content (AvgIpc) is 2.44. The van der Waals surface area contributed by atoms with E-state index in [0.717, 1.165) is 16.5 Å². The van der Waals surface area contributed by atoms with Crippen LogP contribution in [0.1, 0.15) is 19.8 Å². The second-order valence-corrected chi connectivity index (χ2v) is 5.56. The van der Waals surface area contributed by atoms with E-state index in [1.807, 2.05) is 24.3 Å². The van der Waals surface area contributed by atoms with Crippen LogP contribution in [-0.2, 0) is 4.79 Å². The number of benzene rings is 1. The number of carbonyl (C=O) groups excluding carboxylic acids is 1. The molecule has 1 aromatic heterocycles. The van der Waals surface area contributed by atoms with Gasteiger partial charge < -0.3 is 5.32 Å². The molecular weight excluding hydrogens is 250 g/mol. The summed E-state index contributed by atoms with van der Waals surface area (Å²) >= 11 is 0. The Balaban J connectivity index is 1.91. The fraction of sp³-hybridized carbons (Fsp3) is 0.312. The summed E-state index contributed by atoms with van der Waals surface area (Å²) in [7, 11) is 0. The van der Waals surface area contributed by atoms with E-state index in [2.05, 4.69) is 23.3 Å². The van der Waals surface area contributed by atoms with Crippen molar-refractivity contribution in [3.8, 4) is 6.07 Å². The molecule has 0 unspecified atom stereocenters. The van der Waals surface area contributed by atoms with Crippen LogP contribution >= 0.6 is 0 Å². The van der Waals surface area contributed by atoms with Crippen molar-refractivity contribution in [2.24, 2.45) is 11.3 Å². The van der Waals surface area contributed by atoms with Gasteiger partial charge in [-0.1, -0.05) is 19.1 Å². The molecule has 0 aliphatic heterocycles. The van der Waals surface area contributed by atoms with Gasteiger partial charge in [-0.25, -0.2) is 0 Å². The number of anilines is 1. The molecule has 0 saturated heterocycles. The highest BCUT2D eigenvalue weighted by Crippen LogP contribution is 2.45. The maximum Gasteiger partial charge on any atom is 0.244 e. The Hall–Kier alpha value is -2.41. The molecule has 4 nitrogen and oxygen atoms in total. The van der Waals surface area contributed by atoms with Gasteiger partial charge in [-0.05, 0) is 30.9 Å². The van der Waals surface area contributed by atoms with Crippen LogP contribution in [0.3, 0.4) is 0 Å². The van der Waals surface area contributed by atoms with Gasteiger partial charge in [-0.2, -0.15) is 5.26 Å². The molecule has 1 amide bonds. The Morgan fingerprint density at radius 1 is 1.45 bits per heavy atom. The maximum absolute atomic E-state index is 12.4. The number of amides is 1. The topological polar surface area (TPSA) is 65.8 Å². The smallest absolute Gasteiger partial charge is 0.244 e. The molecule has 0 atom stereocenters. The van der Waals surface area contributed by atoms with E-state index in [4.69, 9.17) is 0 Å². The summed E-state index contributed by atoms with van der Waals surface area (Å²) in [6.07, 6.45) is 4.74. The summed E-state index contributed by atoms with van der Waals surface area (Å²) in [6, 6.07) is 9.74. The molecule has 1 saturated carbocycles. The van der Waals surface area contributed by atoms with Gasteiger partial charge in [0.2, 0.25) is 5.91 Å². The van der Waals surface area contributed by atoms with Crippen molar-refractivity contribution in [1.29, 1.82) is 5.26 Å². The Bertz CT molecular complexity index is 706. The van der Waals surface area contributed by atoms with Crippen LogP contribution in [-0.4, -0.2) is 10.9 Å². The molecule has 1 N–H and O–H groups in total. The fourth-order valence-corrected chi connectivity index (χ4v) is 2.93. The van der Waals surface area contributed by atoms with E-state index in [9.17, 15) is 10.1 Å². The lowest BCUT2D eigenvalue weighted by Crippen LogP contribution is -2.45. The SMILES string of the molecule is CC1CC(C#N)(C(=O)Nc2cccc3cnccc23)C1. The zero-order valence-corrected chi connectivity index (χ0v) is 11.3. The van der Waals surface area contributed by atoms with Gasteiger partial charge >= 0.3 is 0 Å². The second kappa shape index (κ2) is 4.61. The molecule has 0 radical (unpaired) electrons. The molecule has 1 aromatic carbocycles. The van der Waals surface area contributed by atoms with E-state index in [1.54, 1.807) is 12.4 Å². The lowest BCUT2D eigenvalue weighted by molar-refractivity contribution is -0.128. The van der Waals surface area contributed by atoms with Crippen molar-refractivity contribution in [3.05, 3.63) is 36.7 Å². The summed E-state index contributed by atoms with van der Waals surface area (Å²) < 4.78 is 0. The van der Waals surface area contributed by atoms with Crippen LogP contribution in [0.2, 0.25) is 0 Å². The number of nitriles is 1. The normalized spacial score (nSPS) is 24.7. The molecule has 1 aliphatic rings. The largest absolute Gasteiger partial charge is 0.324 e. The Morgan fingerprint density at radius 2 is 2.25 bits per heavy atom. The summed E-state index contributed by atoms with van der Waals surface area (Å²) in [5, 5.41) is 14.1. The summed E-state index contributed by atoms with van der Waals surface area (Å²) in [4.78, 5) is 16.5. The highest BCUT2D eigenvalue weighted by Gasteiger charge is 2.49. The van der Waals surface area contributed by atoms with Gasteiger partial charge in [0.1, 0.15) is 5.41 Å². The van der Waals surface area contributed by atoms with Gasteiger partial charge in [0.25, 0.3) is 0 Å². The minimum Gasteiger partial charge on any atom is -0.324 e. The number of hydrogen-bond acceptors (Lipinski definition) is 3. The first kappa shape index (κ1) is 12.6. The van der Waals surface area contributed by atoms with Crippen LogP contribution in [0, 0.1) is 22.7 Å². The standard InChI is InChI=1S/C16H15N3O/c1-11-7-16(8-11,10-17)15(20)19-14-4-2-3-12-9-18-6-5-13(12)14/h2-6,9,11H,7-8H2,1H3,(H,19,20). The van der Waals surface area contributed by atoms with Crippen LogP contribution in [0.4, 0.5) is 5.69 Å². The quantitative estimate of drug-likeness (QED) is 0.907. The van der Waals surface area contributed by atoms with Crippen LogP contribution < -0.4 is 5.32 Å². The zero-order chi connectivity index (χ0) is 14.2. The Morgan fingerprint density at radius 3 is 2.95 bits per heavy atom. The number of rotatable bonds is 2. The van der Waals surface area contributed by atoms with Crippen molar-refractivity contribution < 1.29 is 4.79 Å². The van der Waals surface area contributed by atoms with E-state index < -0.39 is 5.41 Å². The number of fused-ring (bicyclic) bond motifs is 1. The number of nitrogens with zero attached hydrogens (tertiary/aromatic N) is 2. The van der Waals surface area contributed by atoms with Crippen molar-refractivity contribution in [2.75, 3.05) is 5.32 Å². The number of nitrogens with one attached hydrogen (secondary N) is 1. The third-order valence-electron chi connectivity index (χ3n) is 3.97. The molecule has 2 aromatic rings. The molecule has 4 heteroatoms. The first-order valence-electron chi connectivity index (χ1n) is 6.70. The van der Waals surface area contributed by atoms with E-state index >= 15 is 0 Å². The summed E-state index contributed by atoms with van der Waals surface area (Å²) in [5.41, 5.74) is -0.113. The third-order valence-corrected chi connectivity index (χ3v) is 3.97. The van der Waals surface area contributed by atoms with E-state index in [1.165, 1.54) is 0 Å². The van der Waals surface area contributed by atoms with Gasteiger partial charge in [0.05, 0.1) is 6.07 Å².